The topological polar surface area (TPSA) is 42.1 Å². The second kappa shape index (κ2) is 5.91. The summed E-state index contributed by atoms with van der Waals surface area (Å²) in [6.07, 6.45) is 9.77. The Morgan fingerprint density at radius 2 is 1.81 bits per heavy atom. The molecule has 1 aromatic heterocycles. The number of aromatic nitrogens is 1. The number of rotatable bonds is 2. The van der Waals surface area contributed by atoms with Crippen LogP contribution in [0, 0.1) is 12.3 Å². The Morgan fingerprint density at radius 1 is 1.14 bits per heavy atom. The first-order chi connectivity index (χ1) is 10.1. The number of aryl methyl sites for hydroxylation is 1. The first-order valence-corrected chi connectivity index (χ1v) is 8.52. The van der Waals surface area contributed by atoms with Gasteiger partial charge in [-0.15, -0.1) is 0 Å². The third kappa shape index (κ3) is 3.20. The number of nitrogens with two attached hydrogens (primary N) is 1. The molecule has 0 bridgehead atoms. The molecule has 0 aromatic carbocycles. The van der Waals surface area contributed by atoms with Crippen molar-refractivity contribution >= 4 is 23.0 Å². The first kappa shape index (κ1) is 14.8. The second-order valence-corrected chi connectivity index (χ2v) is 7.21. The first-order valence-electron chi connectivity index (χ1n) is 8.11. The Morgan fingerprint density at radius 3 is 2.43 bits per heavy atom. The van der Waals surface area contributed by atoms with E-state index in [-0.39, 0.29) is 0 Å². The van der Waals surface area contributed by atoms with Crippen LogP contribution in [-0.4, -0.2) is 23.1 Å². The minimum Gasteiger partial charge on any atom is -0.389 e. The van der Waals surface area contributed by atoms with Crippen LogP contribution >= 0.6 is 12.2 Å². The lowest BCUT2D eigenvalue weighted by Crippen LogP contribution is -2.41. The van der Waals surface area contributed by atoms with Crippen molar-refractivity contribution in [3.63, 3.8) is 0 Å². The maximum absolute atomic E-state index is 5.78. The lowest BCUT2D eigenvalue weighted by molar-refractivity contribution is 0.144. The molecule has 0 radical (unpaired) electrons. The van der Waals surface area contributed by atoms with Crippen molar-refractivity contribution in [2.45, 2.75) is 51.9 Å². The maximum Gasteiger partial charge on any atom is 0.129 e. The second-order valence-electron chi connectivity index (χ2n) is 6.77. The number of hydrogen-bond acceptors (Lipinski definition) is 3. The molecule has 0 amide bonds. The van der Waals surface area contributed by atoms with Crippen LogP contribution in [0.2, 0.25) is 0 Å². The molecule has 114 valence electrons. The predicted octanol–water partition coefficient (Wildman–Crippen LogP) is 3.57. The van der Waals surface area contributed by atoms with Gasteiger partial charge in [0.25, 0.3) is 0 Å². The van der Waals surface area contributed by atoms with E-state index in [2.05, 4.69) is 9.88 Å². The highest BCUT2D eigenvalue weighted by molar-refractivity contribution is 7.80. The molecule has 1 aliphatic carbocycles. The maximum atomic E-state index is 5.78. The fourth-order valence-electron chi connectivity index (χ4n) is 3.97. The summed E-state index contributed by atoms with van der Waals surface area (Å²) in [6, 6.07) is 4.02. The summed E-state index contributed by atoms with van der Waals surface area (Å²) < 4.78 is 0. The van der Waals surface area contributed by atoms with E-state index >= 15 is 0 Å². The van der Waals surface area contributed by atoms with Crippen molar-refractivity contribution < 1.29 is 0 Å². The summed E-state index contributed by atoms with van der Waals surface area (Å²) in [5.41, 5.74) is 8.34. The minimum atomic E-state index is 0.461. The molecule has 2 N–H and O–H groups in total. The molecular formula is C17H25N3S. The van der Waals surface area contributed by atoms with Crippen molar-refractivity contribution in [3.8, 4) is 0 Å². The van der Waals surface area contributed by atoms with Crippen molar-refractivity contribution in [2.75, 3.05) is 18.0 Å². The lowest BCUT2D eigenvalue weighted by atomic mass is 9.68. The summed E-state index contributed by atoms with van der Waals surface area (Å²) in [7, 11) is 0. The Balaban J connectivity index is 1.73. The van der Waals surface area contributed by atoms with Gasteiger partial charge >= 0.3 is 0 Å². The smallest absolute Gasteiger partial charge is 0.129 e. The van der Waals surface area contributed by atoms with Gasteiger partial charge in [0.15, 0.2) is 0 Å². The fourth-order valence-corrected chi connectivity index (χ4v) is 4.09. The molecule has 1 aromatic rings. The van der Waals surface area contributed by atoms with Crippen LogP contribution in [0.5, 0.6) is 0 Å². The average Bonchev–Trinajstić information content (AvgIpc) is 2.48. The van der Waals surface area contributed by atoms with Gasteiger partial charge < -0.3 is 10.6 Å². The van der Waals surface area contributed by atoms with Gasteiger partial charge in [0, 0.05) is 24.3 Å². The van der Waals surface area contributed by atoms with E-state index in [1.54, 1.807) is 0 Å². The van der Waals surface area contributed by atoms with Crippen LogP contribution in [0.15, 0.2) is 12.1 Å². The summed E-state index contributed by atoms with van der Waals surface area (Å²) in [5.74, 6) is 1.04. The molecule has 2 fully saturated rings. The van der Waals surface area contributed by atoms with E-state index < -0.39 is 0 Å². The Bertz CT molecular complexity index is 525. The van der Waals surface area contributed by atoms with E-state index in [0.717, 1.165) is 30.2 Å². The molecule has 1 saturated carbocycles. The number of anilines is 1. The molecule has 3 rings (SSSR count). The highest BCUT2D eigenvalue weighted by Crippen LogP contribution is 2.44. The lowest BCUT2D eigenvalue weighted by Gasteiger charge is -2.44. The zero-order valence-corrected chi connectivity index (χ0v) is 13.7. The number of piperidine rings is 1. The van der Waals surface area contributed by atoms with Gasteiger partial charge in [-0.05, 0) is 50.2 Å². The van der Waals surface area contributed by atoms with E-state index in [1.807, 2.05) is 19.1 Å². The Kier molecular flexibility index (Phi) is 4.16. The van der Waals surface area contributed by atoms with Gasteiger partial charge in [0.2, 0.25) is 0 Å². The molecule has 4 heteroatoms. The van der Waals surface area contributed by atoms with Crippen LogP contribution in [0.3, 0.4) is 0 Å². The Hall–Kier alpha value is -1.16. The molecule has 21 heavy (non-hydrogen) atoms. The molecule has 0 atom stereocenters. The molecule has 1 saturated heterocycles. The zero-order chi connectivity index (χ0) is 14.9. The van der Waals surface area contributed by atoms with E-state index in [9.17, 15) is 0 Å². The molecule has 1 aliphatic heterocycles. The standard InChI is InChI=1S/C17H25N3S/c1-13-11-14(16(18)21)12-15(19-13)20-9-7-17(8-10-20)5-3-2-4-6-17/h11-12H,2-10H2,1H3,(H2,18,21). The van der Waals surface area contributed by atoms with E-state index in [0.29, 0.717) is 10.4 Å². The average molecular weight is 303 g/mol. The van der Waals surface area contributed by atoms with Gasteiger partial charge in [-0.1, -0.05) is 31.5 Å². The highest BCUT2D eigenvalue weighted by Gasteiger charge is 2.35. The molecule has 3 nitrogen and oxygen atoms in total. The summed E-state index contributed by atoms with van der Waals surface area (Å²) in [4.78, 5) is 7.56. The van der Waals surface area contributed by atoms with Crippen molar-refractivity contribution in [1.82, 2.24) is 4.98 Å². The van der Waals surface area contributed by atoms with Crippen LogP contribution < -0.4 is 10.6 Å². The fraction of sp³-hybridized carbons (Fsp3) is 0.647. The van der Waals surface area contributed by atoms with Crippen molar-refractivity contribution in [1.29, 1.82) is 0 Å². The molecule has 2 aliphatic rings. The number of hydrogen-bond donors (Lipinski definition) is 1. The van der Waals surface area contributed by atoms with Gasteiger partial charge in [0.05, 0.1) is 0 Å². The van der Waals surface area contributed by atoms with Crippen LogP contribution in [0.1, 0.15) is 56.2 Å². The Labute approximate surface area is 132 Å². The number of nitrogens with zero attached hydrogens (tertiary/aromatic N) is 2. The highest BCUT2D eigenvalue weighted by atomic mass is 32.1. The third-order valence-corrected chi connectivity index (χ3v) is 5.52. The van der Waals surface area contributed by atoms with Crippen LogP contribution in [0.25, 0.3) is 0 Å². The van der Waals surface area contributed by atoms with Crippen LogP contribution in [0.4, 0.5) is 5.82 Å². The summed E-state index contributed by atoms with van der Waals surface area (Å²) >= 11 is 5.11. The monoisotopic (exact) mass is 303 g/mol. The summed E-state index contributed by atoms with van der Waals surface area (Å²) in [6.45, 7) is 4.25. The molecule has 2 heterocycles. The van der Waals surface area contributed by atoms with E-state index in [1.165, 1.54) is 44.9 Å². The van der Waals surface area contributed by atoms with Gasteiger partial charge in [-0.3, -0.25) is 0 Å². The van der Waals surface area contributed by atoms with Gasteiger partial charge in [-0.2, -0.15) is 0 Å². The molecule has 0 unspecified atom stereocenters. The molecule has 1 spiro atoms. The quantitative estimate of drug-likeness (QED) is 0.848. The van der Waals surface area contributed by atoms with Crippen LogP contribution in [-0.2, 0) is 0 Å². The minimum absolute atomic E-state index is 0.461. The van der Waals surface area contributed by atoms with Gasteiger partial charge in [-0.25, -0.2) is 4.98 Å². The molecular weight excluding hydrogens is 278 g/mol. The SMILES string of the molecule is Cc1cc(C(N)=S)cc(N2CCC3(CCCCC3)CC2)n1. The normalized spacial score (nSPS) is 21.5. The summed E-state index contributed by atoms with van der Waals surface area (Å²) in [5, 5.41) is 0. The van der Waals surface area contributed by atoms with E-state index in [4.69, 9.17) is 18.0 Å². The third-order valence-electron chi connectivity index (χ3n) is 5.29. The van der Waals surface area contributed by atoms with Gasteiger partial charge in [0.1, 0.15) is 10.8 Å². The number of thiocarbonyl (C=S) groups is 1. The van der Waals surface area contributed by atoms with Crippen molar-refractivity contribution in [3.05, 3.63) is 23.4 Å². The predicted molar refractivity (Wildman–Crippen MR) is 91.8 cm³/mol. The van der Waals surface area contributed by atoms with Crippen molar-refractivity contribution in [2.24, 2.45) is 11.1 Å². The number of pyridine rings is 1. The zero-order valence-electron chi connectivity index (χ0n) is 12.9. The largest absolute Gasteiger partial charge is 0.389 e.